The fraction of sp³-hybridized carbons (Fsp3) is 0.316. The molecule has 1 saturated heterocycles. The monoisotopic (exact) mass is 433 g/mol. The molecule has 1 aliphatic heterocycles. The summed E-state index contributed by atoms with van der Waals surface area (Å²) in [5, 5.41) is 5.65. The minimum absolute atomic E-state index is 0.144. The van der Waals surface area contributed by atoms with Crippen LogP contribution < -0.4 is 16.0 Å². The highest BCUT2D eigenvalue weighted by Crippen LogP contribution is 2.29. The van der Waals surface area contributed by atoms with Gasteiger partial charge >= 0.3 is 6.18 Å². The van der Waals surface area contributed by atoms with Crippen LogP contribution in [0.4, 0.5) is 19.0 Å². The summed E-state index contributed by atoms with van der Waals surface area (Å²) in [5.74, 6) is 0.832. The Kier molecular flexibility index (Phi) is 5.31. The molecule has 4 heterocycles. The van der Waals surface area contributed by atoms with Crippen molar-refractivity contribution in [1.29, 1.82) is 0 Å². The van der Waals surface area contributed by atoms with Crippen LogP contribution in [-0.2, 0) is 10.9 Å². The zero-order valence-electron chi connectivity index (χ0n) is 16.5. The number of fused-ring (bicyclic) bond motifs is 1. The van der Waals surface area contributed by atoms with E-state index in [9.17, 15) is 13.2 Å². The third kappa shape index (κ3) is 3.81. The van der Waals surface area contributed by atoms with E-state index in [1.54, 1.807) is 12.3 Å². The van der Waals surface area contributed by atoms with Crippen LogP contribution in [0.15, 0.2) is 42.6 Å². The lowest BCUT2D eigenvalue weighted by atomic mass is 10.0. The highest BCUT2D eigenvalue weighted by atomic mass is 19.4. The van der Waals surface area contributed by atoms with E-state index in [0.29, 0.717) is 30.2 Å². The van der Waals surface area contributed by atoms with E-state index in [1.165, 1.54) is 23.0 Å². The van der Waals surface area contributed by atoms with Crippen molar-refractivity contribution in [2.24, 2.45) is 5.73 Å². The summed E-state index contributed by atoms with van der Waals surface area (Å²) >= 11 is 0. The molecule has 2 atom stereocenters. The number of hydrogen-bond donors (Lipinski definition) is 2. The van der Waals surface area contributed by atoms with Crippen molar-refractivity contribution in [3.63, 3.8) is 0 Å². The van der Waals surface area contributed by atoms with Crippen LogP contribution in [0.5, 0.6) is 0 Å². The predicted molar refractivity (Wildman–Crippen MR) is 106 cm³/mol. The number of nitrogens with two attached hydrogens (primary N) is 2. The minimum atomic E-state index is -4.58. The van der Waals surface area contributed by atoms with E-state index in [-0.39, 0.29) is 23.6 Å². The SMILES string of the molecule is CC1C(/C(C=[NH2+])=C/N)OCCN1c1ccnc(-c2cnc3cnc(C(F)(F)F)cn23)n1. The molecule has 0 aliphatic carbocycles. The van der Waals surface area contributed by atoms with Gasteiger partial charge in [-0.1, -0.05) is 0 Å². The quantitative estimate of drug-likeness (QED) is 0.574. The highest BCUT2D eigenvalue weighted by Gasteiger charge is 2.34. The van der Waals surface area contributed by atoms with Gasteiger partial charge in [-0.3, -0.25) is 9.81 Å². The Morgan fingerprint density at radius 1 is 1.29 bits per heavy atom. The average molecular weight is 433 g/mol. The molecule has 1 fully saturated rings. The first kappa shape index (κ1) is 20.7. The topological polar surface area (TPSA) is 120 Å². The summed E-state index contributed by atoms with van der Waals surface area (Å²) in [6.45, 7) is 2.94. The molecule has 0 amide bonds. The molecule has 162 valence electrons. The predicted octanol–water partition coefficient (Wildman–Crippen LogP) is 0.471. The first-order chi connectivity index (χ1) is 14.8. The standard InChI is InChI=1S/C19H19F3N8O/c1-11-17(12(6-23)7-24)31-5-4-29(11)15-2-3-25-18(28-15)13-8-27-16-9-26-14(10-30(13)16)19(20,21)22/h2-3,6-11,17,23H,4-5,24H2,1H3/p+1/b12-7+,23-6?. The van der Waals surface area contributed by atoms with Crippen LogP contribution in [0.3, 0.4) is 0 Å². The summed E-state index contributed by atoms with van der Waals surface area (Å²) in [5.41, 5.74) is 5.85. The van der Waals surface area contributed by atoms with Crippen LogP contribution in [0.1, 0.15) is 12.6 Å². The Bertz CT molecular complexity index is 1140. The van der Waals surface area contributed by atoms with Crippen LogP contribution in [0.25, 0.3) is 17.2 Å². The first-order valence-electron chi connectivity index (χ1n) is 9.42. The molecule has 0 radical (unpaired) electrons. The highest BCUT2D eigenvalue weighted by molar-refractivity contribution is 5.75. The molecule has 0 saturated carbocycles. The number of anilines is 1. The maximum absolute atomic E-state index is 13.1. The fourth-order valence-electron chi connectivity index (χ4n) is 3.56. The Morgan fingerprint density at radius 2 is 2.10 bits per heavy atom. The van der Waals surface area contributed by atoms with Gasteiger partial charge in [-0.05, 0) is 13.0 Å². The second-order valence-corrected chi connectivity index (χ2v) is 6.94. The number of morpholine rings is 1. The second kappa shape index (κ2) is 7.95. The van der Waals surface area contributed by atoms with Crippen LogP contribution in [0.2, 0.25) is 0 Å². The van der Waals surface area contributed by atoms with Crippen LogP contribution >= 0.6 is 0 Å². The van der Waals surface area contributed by atoms with Crippen LogP contribution in [-0.4, -0.2) is 55.8 Å². The van der Waals surface area contributed by atoms with Crippen molar-refractivity contribution in [1.82, 2.24) is 24.3 Å². The zero-order chi connectivity index (χ0) is 22.2. The average Bonchev–Trinajstić information content (AvgIpc) is 3.18. The molecular formula is C19H20F3N8O+. The molecule has 4 rings (SSSR count). The van der Waals surface area contributed by atoms with E-state index in [0.717, 1.165) is 12.4 Å². The number of halogens is 3. The number of ether oxygens (including phenoxy) is 1. The van der Waals surface area contributed by atoms with Crippen molar-refractivity contribution < 1.29 is 23.3 Å². The van der Waals surface area contributed by atoms with Crippen molar-refractivity contribution in [3.8, 4) is 11.5 Å². The molecule has 9 nitrogen and oxygen atoms in total. The molecule has 2 unspecified atom stereocenters. The zero-order valence-corrected chi connectivity index (χ0v) is 16.5. The largest absolute Gasteiger partial charge is 0.434 e. The van der Waals surface area contributed by atoms with E-state index in [2.05, 4.69) is 19.9 Å². The Labute approximate surface area is 174 Å². The summed E-state index contributed by atoms with van der Waals surface area (Å²) in [4.78, 5) is 18.4. The fourth-order valence-corrected chi connectivity index (χ4v) is 3.56. The van der Waals surface area contributed by atoms with E-state index in [1.807, 2.05) is 11.8 Å². The van der Waals surface area contributed by atoms with E-state index < -0.39 is 11.9 Å². The normalized spacial score (nSPS) is 20.3. The molecule has 3 aromatic heterocycles. The van der Waals surface area contributed by atoms with Gasteiger partial charge in [-0.25, -0.2) is 19.9 Å². The molecule has 4 N–H and O–H groups in total. The molecule has 1 aliphatic rings. The molecule has 0 aromatic carbocycles. The maximum Gasteiger partial charge on any atom is 0.434 e. The maximum atomic E-state index is 13.1. The van der Waals surface area contributed by atoms with Crippen molar-refractivity contribution in [2.75, 3.05) is 18.1 Å². The van der Waals surface area contributed by atoms with Gasteiger partial charge in [-0.15, -0.1) is 0 Å². The minimum Gasteiger partial charge on any atom is -0.404 e. The van der Waals surface area contributed by atoms with Crippen LogP contribution in [0, 0.1) is 0 Å². The number of alkyl halides is 3. The van der Waals surface area contributed by atoms with Gasteiger partial charge in [0.1, 0.15) is 17.6 Å². The van der Waals surface area contributed by atoms with Gasteiger partial charge in [0, 0.05) is 25.1 Å². The lowest BCUT2D eigenvalue weighted by molar-refractivity contribution is -0.141. The summed E-state index contributed by atoms with van der Waals surface area (Å²) in [6, 6.07) is 1.58. The van der Waals surface area contributed by atoms with Gasteiger partial charge in [-0.2, -0.15) is 13.2 Å². The van der Waals surface area contributed by atoms with Gasteiger partial charge in [0.15, 0.2) is 23.4 Å². The van der Waals surface area contributed by atoms with Crippen molar-refractivity contribution in [3.05, 3.63) is 48.3 Å². The summed E-state index contributed by atoms with van der Waals surface area (Å²) in [6.07, 6.45) is 2.80. The first-order valence-corrected chi connectivity index (χ1v) is 9.42. The molecule has 31 heavy (non-hydrogen) atoms. The summed E-state index contributed by atoms with van der Waals surface area (Å²) < 4.78 is 46.4. The van der Waals surface area contributed by atoms with Crippen molar-refractivity contribution >= 4 is 17.7 Å². The number of aromatic nitrogens is 5. The molecule has 12 heteroatoms. The lowest BCUT2D eigenvalue weighted by Crippen LogP contribution is -2.52. The summed E-state index contributed by atoms with van der Waals surface area (Å²) in [7, 11) is 0. The number of nitrogens with zero attached hydrogens (tertiary/aromatic N) is 6. The number of rotatable bonds is 4. The molecule has 3 aromatic rings. The van der Waals surface area contributed by atoms with Gasteiger partial charge in [0.25, 0.3) is 0 Å². The van der Waals surface area contributed by atoms with Crippen molar-refractivity contribution in [2.45, 2.75) is 25.2 Å². The Morgan fingerprint density at radius 3 is 2.81 bits per heavy atom. The van der Waals surface area contributed by atoms with E-state index in [4.69, 9.17) is 15.9 Å². The molecular weight excluding hydrogens is 413 g/mol. The van der Waals surface area contributed by atoms with Gasteiger partial charge in [0.05, 0.1) is 30.6 Å². The third-order valence-electron chi connectivity index (χ3n) is 5.12. The lowest BCUT2D eigenvalue weighted by Gasteiger charge is -2.39. The number of hydrogen-bond acceptors (Lipinski definition) is 7. The van der Waals surface area contributed by atoms with E-state index >= 15 is 0 Å². The Hall–Kier alpha value is -3.54. The molecule has 0 spiro atoms. The van der Waals surface area contributed by atoms with Gasteiger partial charge in [0.2, 0.25) is 0 Å². The second-order valence-electron chi connectivity index (χ2n) is 6.94. The third-order valence-corrected chi connectivity index (χ3v) is 5.12. The molecule has 0 bridgehead atoms. The van der Waals surface area contributed by atoms with Gasteiger partial charge < -0.3 is 15.4 Å². The Balaban J connectivity index is 1.71. The number of imidazole rings is 1. The smallest absolute Gasteiger partial charge is 0.404 e.